The van der Waals surface area contributed by atoms with E-state index in [0.29, 0.717) is 6.42 Å². The molecular formula is C14H25N3O3. The zero-order valence-electron chi connectivity index (χ0n) is 12.1. The number of rotatable bonds is 3. The van der Waals surface area contributed by atoms with Crippen LogP contribution >= 0.6 is 0 Å². The summed E-state index contributed by atoms with van der Waals surface area (Å²) in [5.74, 6) is -1.24. The maximum Gasteiger partial charge on any atom is 0.315 e. The molecule has 0 aromatic heterocycles. The van der Waals surface area contributed by atoms with Crippen molar-refractivity contribution in [3.05, 3.63) is 0 Å². The van der Waals surface area contributed by atoms with Crippen LogP contribution in [0, 0.1) is 5.92 Å². The number of carboxylic acid groups (broad SMARTS) is 1. The van der Waals surface area contributed by atoms with Crippen LogP contribution in [0.15, 0.2) is 0 Å². The Kier molecular flexibility index (Phi) is 5.23. The molecule has 20 heavy (non-hydrogen) atoms. The zero-order chi connectivity index (χ0) is 14.5. The minimum atomic E-state index is -0.794. The maximum atomic E-state index is 12.0. The summed E-state index contributed by atoms with van der Waals surface area (Å²) >= 11 is 0. The van der Waals surface area contributed by atoms with Crippen molar-refractivity contribution in [1.82, 2.24) is 15.5 Å². The summed E-state index contributed by atoms with van der Waals surface area (Å²) in [7, 11) is 2.03. The summed E-state index contributed by atoms with van der Waals surface area (Å²) in [6.07, 6.45) is 5.35. The molecule has 1 saturated carbocycles. The predicted octanol–water partition coefficient (Wildman–Crippen LogP) is 1.02. The molecule has 0 aromatic carbocycles. The van der Waals surface area contributed by atoms with Gasteiger partial charge in [0.1, 0.15) is 0 Å². The first-order valence-electron chi connectivity index (χ1n) is 7.54. The third-order valence-corrected chi connectivity index (χ3v) is 4.38. The van der Waals surface area contributed by atoms with Crippen molar-refractivity contribution in [2.24, 2.45) is 5.92 Å². The van der Waals surface area contributed by atoms with Gasteiger partial charge in [-0.3, -0.25) is 4.79 Å². The van der Waals surface area contributed by atoms with Gasteiger partial charge in [-0.2, -0.15) is 0 Å². The summed E-state index contributed by atoms with van der Waals surface area (Å²) in [6.45, 7) is 1.85. The molecule has 2 amide bonds. The normalized spacial score (nSPS) is 31.6. The molecule has 0 aromatic rings. The van der Waals surface area contributed by atoms with Crippen LogP contribution in [0.3, 0.4) is 0 Å². The molecule has 6 nitrogen and oxygen atoms in total. The van der Waals surface area contributed by atoms with E-state index in [1.165, 1.54) is 0 Å². The SMILES string of the molecule is CN1CCC(NC(=O)NC2CCCCCC2C(=O)O)C1. The van der Waals surface area contributed by atoms with Crippen LogP contribution in [0.1, 0.15) is 38.5 Å². The molecule has 0 bridgehead atoms. The average molecular weight is 283 g/mol. The Morgan fingerprint density at radius 1 is 1.10 bits per heavy atom. The second-order valence-electron chi connectivity index (χ2n) is 6.05. The number of likely N-dealkylation sites (N-methyl/N-ethyl adjacent to an activating group) is 1. The number of hydrogen-bond donors (Lipinski definition) is 3. The Hall–Kier alpha value is -1.30. The number of carbonyl (C=O) groups excluding carboxylic acids is 1. The molecular weight excluding hydrogens is 258 g/mol. The Bertz CT molecular complexity index is 362. The smallest absolute Gasteiger partial charge is 0.315 e. The van der Waals surface area contributed by atoms with E-state index in [1.54, 1.807) is 0 Å². The molecule has 1 aliphatic heterocycles. The highest BCUT2D eigenvalue weighted by Crippen LogP contribution is 2.23. The minimum absolute atomic E-state index is 0.175. The number of urea groups is 1. The lowest BCUT2D eigenvalue weighted by molar-refractivity contribution is -0.142. The maximum absolute atomic E-state index is 12.0. The molecule has 6 heteroatoms. The summed E-state index contributed by atoms with van der Waals surface area (Å²) in [6, 6.07) is -0.286. The van der Waals surface area contributed by atoms with Gasteiger partial charge in [-0.1, -0.05) is 19.3 Å². The predicted molar refractivity (Wildman–Crippen MR) is 75.6 cm³/mol. The van der Waals surface area contributed by atoms with E-state index in [0.717, 1.165) is 45.2 Å². The van der Waals surface area contributed by atoms with Crippen molar-refractivity contribution >= 4 is 12.0 Å². The summed E-state index contributed by atoms with van der Waals surface area (Å²) in [5, 5.41) is 15.1. The minimum Gasteiger partial charge on any atom is -0.481 e. The quantitative estimate of drug-likeness (QED) is 0.676. The monoisotopic (exact) mass is 283 g/mol. The lowest BCUT2D eigenvalue weighted by Gasteiger charge is -2.24. The Morgan fingerprint density at radius 2 is 1.85 bits per heavy atom. The van der Waals surface area contributed by atoms with Crippen molar-refractivity contribution in [3.63, 3.8) is 0 Å². The topological polar surface area (TPSA) is 81.7 Å². The number of aliphatic carboxylic acids is 1. The van der Waals surface area contributed by atoms with Crippen LogP contribution in [-0.4, -0.2) is 54.2 Å². The first kappa shape index (κ1) is 15.1. The Morgan fingerprint density at radius 3 is 2.50 bits per heavy atom. The average Bonchev–Trinajstić information content (AvgIpc) is 2.64. The highest BCUT2D eigenvalue weighted by Gasteiger charge is 2.31. The van der Waals surface area contributed by atoms with E-state index in [-0.39, 0.29) is 18.1 Å². The Labute approximate surface area is 119 Å². The van der Waals surface area contributed by atoms with Crippen molar-refractivity contribution in [2.45, 2.75) is 50.6 Å². The van der Waals surface area contributed by atoms with Crippen molar-refractivity contribution in [1.29, 1.82) is 0 Å². The van der Waals surface area contributed by atoms with Gasteiger partial charge in [-0.05, 0) is 32.9 Å². The molecule has 2 rings (SSSR count). The molecule has 114 valence electrons. The van der Waals surface area contributed by atoms with Gasteiger partial charge >= 0.3 is 12.0 Å². The summed E-state index contributed by atoms with van der Waals surface area (Å²) in [5.41, 5.74) is 0. The molecule has 0 radical (unpaired) electrons. The first-order chi connectivity index (χ1) is 9.56. The van der Waals surface area contributed by atoms with Gasteiger partial charge in [-0.25, -0.2) is 4.79 Å². The van der Waals surface area contributed by atoms with Crippen LogP contribution in [0.5, 0.6) is 0 Å². The third-order valence-electron chi connectivity index (χ3n) is 4.38. The van der Waals surface area contributed by atoms with E-state index in [2.05, 4.69) is 15.5 Å². The van der Waals surface area contributed by atoms with Gasteiger partial charge in [0.25, 0.3) is 0 Å². The molecule has 1 heterocycles. The van der Waals surface area contributed by atoms with E-state index >= 15 is 0 Å². The lowest BCUT2D eigenvalue weighted by atomic mass is 9.95. The fourth-order valence-electron chi connectivity index (χ4n) is 3.22. The molecule has 1 aliphatic carbocycles. The standard InChI is InChI=1S/C14H25N3O3/c1-17-8-7-10(9-17)15-14(20)16-12-6-4-2-3-5-11(12)13(18)19/h10-12H,2-9H2,1H3,(H,18,19)(H2,15,16,20). The third kappa shape index (κ3) is 4.10. The second kappa shape index (κ2) is 6.92. The number of likely N-dealkylation sites (tertiary alicyclic amines) is 1. The zero-order valence-corrected chi connectivity index (χ0v) is 12.1. The van der Waals surface area contributed by atoms with Gasteiger partial charge < -0.3 is 20.6 Å². The van der Waals surface area contributed by atoms with Gasteiger partial charge in [0.15, 0.2) is 0 Å². The highest BCUT2D eigenvalue weighted by atomic mass is 16.4. The molecule has 0 spiro atoms. The largest absolute Gasteiger partial charge is 0.481 e. The highest BCUT2D eigenvalue weighted by molar-refractivity contribution is 5.77. The van der Waals surface area contributed by atoms with Crippen molar-refractivity contribution in [3.8, 4) is 0 Å². The molecule has 3 atom stereocenters. The number of nitrogens with zero attached hydrogens (tertiary/aromatic N) is 1. The number of nitrogens with one attached hydrogen (secondary N) is 2. The second-order valence-corrected chi connectivity index (χ2v) is 6.05. The van der Waals surface area contributed by atoms with Crippen LogP contribution in [0.4, 0.5) is 4.79 Å². The number of hydrogen-bond acceptors (Lipinski definition) is 3. The fourth-order valence-corrected chi connectivity index (χ4v) is 3.22. The van der Waals surface area contributed by atoms with Gasteiger partial charge in [0, 0.05) is 18.6 Å². The van der Waals surface area contributed by atoms with E-state index < -0.39 is 11.9 Å². The first-order valence-corrected chi connectivity index (χ1v) is 7.54. The van der Waals surface area contributed by atoms with Crippen LogP contribution in [-0.2, 0) is 4.79 Å². The van der Waals surface area contributed by atoms with Gasteiger partial charge in [-0.15, -0.1) is 0 Å². The number of amides is 2. The molecule has 2 fully saturated rings. The molecule has 2 aliphatic rings. The van der Waals surface area contributed by atoms with E-state index in [9.17, 15) is 14.7 Å². The van der Waals surface area contributed by atoms with Crippen LogP contribution < -0.4 is 10.6 Å². The number of carbonyl (C=O) groups is 2. The number of carboxylic acids is 1. The van der Waals surface area contributed by atoms with E-state index in [1.807, 2.05) is 7.05 Å². The molecule has 3 unspecified atom stereocenters. The van der Waals surface area contributed by atoms with Crippen molar-refractivity contribution in [2.75, 3.05) is 20.1 Å². The summed E-state index contributed by atoms with van der Waals surface area (Å²) < 4.78 is 0. The Balaban J connectivity index is 1.85. The van der Waals surface area contributed by atoms with Crippen LogP contribution in [0.25, 0.3) is 0 Å². The van der Waals surface area contributed by atoms with Gasteiger partial charge in [0.05, 0.1) is 5.92 Å². The van der Waals surface area contributed by atoms with Crippen molar-refractivity contribution < 1.29 is 14.7 Å². The molecule has 3 N–H and O–H groups in total. The van der Waals surface area contributed by atoms with Gasteiger partial charge in [0.2, 0.25) is 0 Å². The van der Waals surface area contributed by atoms with Crippen LogP contribution in [0.2, 0.25) is 0 Å². The summed E-state index contributed by atoms with van der Waals surface area (Å²) in [4.78, 5) is 25.5. The fraction of sp³-hybridized carbons (Fsp3) is 0.857. The molecule has 1 saturated heterocycles. The van der Waals surface area contributed by atoms with E-state index in [4.69, 9.17) is 0 Å². The lowest BCUT2D eigenvalue weighted by Crippen LogP contribution is -2.50.